The fourth-order valence-corrected chi connectivity index (χ4v) is 5.70. The van der Waals surface area contributed by atoms with E-state index in [4.69, 9.17) is 28.9 Å². The van der Waals surface area contributed by atoms with Gasteiger partial charge in [0.05, 0.1) is 34.5 Å². The van der Waals surface area contributed by atoms with Crippen molar-refractivity contribution in [2.45, 2.75) is 32.1 Å². The van der Waals surface area contributed by atoms with Crippen LogP contribution in [0.15, 0.2) is 61.1 Å². The molecule has 4 aromatic rings. The van der Waals surface area contributed by atoms with Crippen molar-refractivity contribution in [3.8, 4) is 0 Å². The molecule has 11 heteroatoms. The summed E-state index contributed by atoms with van der Waals surface area (Å²) in [5.41, 5.74) is 12.3. The van der Waals surface area contributed by atoms with Crippen molar-refractivity contribution < 1.29 is 4.79 Å². The van der Waals surface area contributed by atoms with Gasteiger partial charge in [0, 0.05) is 37.1 Å². The lowest BCUT2D eigenvalue weighted by molar-refractivity contribution is -0.117. The summed E-state index contributed by atoms with van der Waals surface area (Å²) in [6.07, 6.45) is 8.89. The van der Waals surface area contributed by atoms with Crippen LogP contribution < -0.4 is 26.6 Å². The van der Waals surface area contributed by atoms with E-state index in [2.05, 4.69) is 35.8 Å². The number of carbonyl (C=O) groups excluding carboxylic acids is 1. The smallest absolute Gasteiger partial charge is 0.229 e. The predicted molar refractivity (Wildman–Crippen MR) is 166 cm³/mol. The average molecular weight is 590 g/mol. The number of nitrogens with two attached hydrogens (primary N) is 1. The van der Waals surface area contributed by atoms with Gasteiger partial charge in [0.1, 0.15) is 5.02 Å². The number of pyridine rings is 1. The standard InChI is InChI=1S/C30H30Cl2N8O/c31-23-2-1-3-26(28(23)33)40-10-8-18(9-11-40)13-27(41)38-25-7-6-21-14-20(25)5-4-19-12-22(16-34-15-19)37-30-35-17-24(32)29(36-21)39-30/h1-3,6-7,12,14-18H,4-5,8-11,13,33H2,(H,38,41)(H2,35,36,37,39). The van der Waals surface area contributed by atoms with Crippen LogP contribution in [0.5, 0.6) is 0 Å². The first-order valence-corrected chi connectivity index (χ1v) is 14.4. The maximum Gasteiger partial charge on any atom is 0.229 e. The highest BCUT2D eigenvalue weighted by molar-refractivity contribution is 6.33. The number of piperidine rings is 1. The van der Waals surface area contributed by atoms with E-state index in [0.717, 1.165) is 66.2 Å². The van der Waals surface area contributed by atoms with E-state index in [-0.39, 0.29) is 5.91 Å². The van der Waals surface area contributed by atoms with E-state index in [1.54, 1.807) is 18.5 Å². The molecule has 6 rings (SSSR count). The zero-order valence-electron chi connectivity index (χ0n) is 22.3. The summed E-state index contributed by atoms with van der Waals surface area (Å²) < 4.78 is 0. The molecular weight excluding hydrogens is 559 g/mol. The summed E-state index contributed by atoms with van der Waals surface area (Å²) in [6.45, 7) is 1.67. The highest BCUT2D eigenvalue weighted by Crippen LogP contribution is 2.34. The molecule has 6 bridgehead atoms. The minimum absolute atomic E-state index is 0.0157. The lowest BCUT2D eigenvalue weighted by atomic mass is 9.92. The Kier molecular flexibility index (Phi) is 7.80. The van der Waals surface area contributed by atoms with Crippen LogP contribution in [0.25, 0.3) is 0 Å². The third-order valence-corrected chi connectivity index (χ3v) is 8.19. The number of fused-ring (bicyclic) bond motifs is 6. The van der Waals surface area contributed by atoms with Crippen LogP contribution in [0.3, 0.4) is 0 Å². The molecule has 2 aromatic heterocycles. The number of rotatable bonds is 4. The number of para-hydroxylation sites is 1. The molecule has 9 nitrogen and oxygen atoms in total. The van der Waals surface area contributed by atoms with Gasteiger partial charge in [-0.1, -0.05) is 29.3 Å². The molecule has 0 radical (unpaired) electrons. The summed E-state index contributed by atoms with van der Waals surface area (Å²) in [6, 6.07) is 13.6. The van der Waals surface area contributed by atoms with Gasteiger partial charge in [0.25, 0.3) is 0 Å². The first-order valence-electron chi connectivity index (χ1n) is 13.6. The number of halogens is 2. The second kappa shape index (κ2) is 11.8. The number of amides is 1. The number of aryl methyl sites for hydroxylation is 2. The number of nitrogens with zero attached hydrogens (tertiary/aromatic N) is 4. The molecule has 2 aliphatic rings. The van der Waals surface area contributed by atoms with E-state index in [9.17, 15) is 4.79 Å². The van der Waals surface area contributed by atoms with Gasteiger partial charge in [-0.2, -0.15) is 4.98 Å². The van der Waals surface area contributed by atoms with Crippen LogP contribution in [0.2, 0.25) is 10.0 Å². The van der Waals surface area contributed by atoms with E-state index >= 15 is 0 Å². The Morgan fingerprint density at radius 3 is 2.71 bits per heavy atom. The zero-order valence-corrected chi connectivity index (χ0v) is 23.8. The molecule has 0 spiro atoms. The summed E-state index contributed by atoms with van der Waals surface area (Å²) in [4.78, 5) is 28.6. The third-order valence-electron chi connectivity index (χ3n) is 7.58. The lowest BCUT2D eigenvalue weighted by Gasteiger charge is -2.34. The SMILES string of the molecule is Nc1c(Cl)cccc1N1CCC(CC(=O)Nc2ccc3cc2CCc2cncc(c2)Nc2ncc(Cl)c(n2)N3)CC1. The molecule has 1 saturated heterocycles. The van der Waals surface area contributed by atoms with E-state index < -0.39 is 0 Å². The molecule has 1 fully saturated rings. The summed E-state index contributed by atoms with van der Waals surface area (Å²) in [5.74, 6) is 1.22. The number of benzene rings is 2. The monoisotopic (exact) mass is 588 g/mol. The quantitative estimate of drug-likeness (QED) is 0.197. The Morgan fingerprint density at radius 1 is 1.00 bits per heavy atom. The summed E-state index contributed by atoms with van der Waals surface area (Å²) in [7, 11) is 0. The minimum Gasteiger partial charge on any atom is -0.396 e. The highest BCUT2D eigenvalue weighted by atomic mass is 35.5. The summed E-state index contributed by atoms with van der Waals surface area (Å²) in [5, 5.41) is 10.6. The largest absolute Gasteiger partial charge is 0.396 e. The number of carbonyl (C=O) groups is 1. The second-order valence-electron chi connectivity index (χ2n) is 10.4. The van der Waals surface area contributed by atoms with E-state index in [1.165, 1.54) is 0 Å². The van der Waals surface area contributed by atoms with Gasteiger partial charge >= 0.3 is 0 Å². The maximum atomic E-state index is 13.2. The van der Waals surface area contributed by atoms with E-state index in [0.29, 0.717) is 46.3 Å². The molecule has 0 aliphatic carbocycles. The topological polar surface area (TPSA) is 121 Å². The van der Waals surface area contributed by atoms with Gasteiger partial charge in [0.15, 0.2) is 5.82 Å². The van der Waals surface area contributed by atoms with Crippen molar-refractivity contribution in [3.05, 3.63) is 82.2 Å². The van der Waals surface area contributed by atoms with Crippen molar-refractivity contribution >= 4 is 69.3 Å². The van der Waals surface area contributed by atoms with Crippen molar-refractivity contribution in [1.29, 1.82) is 0 Å². The van der Waals surface area contributed by atoms with Crippen LogP contribution in [-0.2, 0) is 17.6 Å². The van der Waals surface area contributed by atoms with Gasteiger partial charge in [-0.25, -0.2) is 4.98 Å². The number of nitrogen functional groups attached to an aromatic ring is 1. The fourth-order valence-electron chi connectivity index (χ4n) is 5.40. The van der Waals surface area contributed by atoms with E-state index in [1.807, 2.05) is 42.6 Å². The molecule has 5 N–H and O–H groups in total. The minimum atomic E-state index is 0.0157. The van der Waals surface area contributed by atoms with Crippen LogP contribution in [0.4, 0.5) is 40.2 Å². The van der Waals surface area contributed by atoms with Crippen LogP contribution >= 0.6 is 23.2 Å². The van der Waals surface area contributed by atoms with Gasteiger partial charge < -0.3 is 26.6 Å². The Bertz CT molecular complexity index is 1590. The molecule has 2 aromatic carbocycles. The summed E-state index contributed by atoms with van der Waals surface area (Å²) >= 11 is 12.6. The molecule has 41 heavy (non-hydrogen) atoms. The normalized spacial score (nSPS) is 15.0. The molecule has 0 atom stereocenters. The van der Waals surface area contributed by atoms with Crippen molar-refractivity contribution in [3.63, 3.8) is 0 Å². The fraction of sp³-hybridized carbons (Fsp3) is 0.267. The van der Waals surface area contributed by atoms with Crippen molar-refractivity contribution in [1.82, 2.24) is 15.0 Å². The molecule has 0 saturated carbocycles. The van der Waals surface area contributed by atoms with Crippen LogP contribution in [-0.4, -0.2) is 33.9 Å². The molecule has 0 unspecified atom stereocenters. The van der Waals surface area contributed by atoms with Gasteiger partial charge in [0.2, 0.25) is 11.9 Å². The number of hydrogen-bond acceptors (Lipinski definition) is 8. The zero-order chi connectivity index (χ0) is 28.3. The molecule has 2 aliphatic heterocycles. The third kappa shape index (κ3) is 6.31. The first-order chi connectivity index (χ1) is 19.9. The Hall–Kier alpha value is -4.08. The number of hydrogen-bond donors (Lipinski definition) is 4. The first kappa shape index (κ1) is 27.1. The maximum absolute atomic E-state index is 13.2. The molecule has 4 heterocycles. The molecule has 210 valence electrons. The Labute approximate surface area is 248 Å². The highest BCUT2D eigenvalue weighted by Gasteiger charge is 2.24. The Morgan fingerprint density at radius 2 is 1.85 bits per heavy atom. The Balaban J connectivity index is 1.16. The van der Waals surface area contributed by atoms with Crippen molar-refractivity contribution in [2.75, 3.05) is 39.7 Å². The van der Waals surface area contributed by atoms with Crippen LogP contribution in [0.1, 0.15) is 30.4 Å². The van der Waals surface area contributed by atoms with Crippen molar-refractivity contribution in [2.24, 2.45) is 5.92 Å². The molecule has 1 amide bonds. The van der Waals surface area contributed by atoms with Gasteiger partial charge in [-0.3, -0.25) is 9.78 Å². The second-order valence-corrected chi connectivity index (χ2v) is 11.3. The predicted octanol–water partition coefficient (Wildman–Crippen LogP) is 6.59. The van der Waals surface area contributed by atoms with Gasteiger partial charge in [-0.05, 0) is 79.1 Å². The number of anilines is 7. The lowest BCUT2D eigenvalue weighted by Crippen LogP contribution is -2.35. The average Bonchev–Trinajstić information content (AvgIpc) is 2.97. The molecular formula is C30H30Cl2N8O. The van der Waals surface area contributed by atoms with Gasteiger partial charge in [-0.15, -0.1) is 0 Å². The number of nitrogens with one attached hydrogen (secondary N) is 3. The van der Waals surface area contributed by atoms with Crippen LogP contribution in [0, 0.1) is 5.92 Å². The number of aromatic nitrogens is 3.